The Kier molecular flexibility index (Phi) is 9.55. The van der Waals surface area contributed by atoms with E-state index in [9.17, 15) is 24.6 Å². The number of rotatable bonds is 10. The molecule has 0 bridgehead atoms. The van der Waals surface area contributed by atoms with Gasteiger partial charge in [-0.15, -0.1) is 0 Å². The molecule has 236 valence electrons. The molecule has 4 aromatic rings. The van der Waals surface area contributed by atoms with Crippen LogP contribution in [0.5, 0.6) is 5.75 Å². The molecule has 1 aromatic heterocycles. The van der Waals surface area contributed by atoms with Gasteiger partial charge < -0.3 is 29.7 Å². The Bertz CT molecular complexity index is 1700. The molecule has 2 heterocycles. The van der Waals surface area contributed by atoms with E-state index in [-0.39, 0.29) is 42.4 Å². The quantitative estimate of drug-likeness (QED) is 0.242. The van der Waals surface area contributed by atoms with Gasteiger partial charge in [0.2, 0.25) is 5.91 Å². The third-order valence-electron chi connectivity index (χ3n) is 8.42. The average molecular weight is 613 g/mol. The molecule has 5 rings (SSSR count). The van der Waals surface area contributed by atoms with Gasteiger partial charge in [-0.25, -0.2) is 4.79 Å². The molecule has 0 fully saturated rings. The number of para-hydroxylation sites is 1. The Hall–Kier alpha value is -4.67. The molecule has 0 spiro atoms. The fourth-order valence-corrected chi connectivity index (χ4v) is 5.90. The summed E-state index contributed by atoms with van der Waals surface area (Å²) in [7, 11) is 3.92. The van der Waals surface area contributed by atoms with E-state index in [4.69, 9.17) is 4.74 Å². The van der Waals surface area contributed by atoms with Crippen molar-refractivity contribution < 1.29 is 29.3 Å². The first-order valence-corrected chi connectivity index (χ1v) is 15.1. The number of nitrogens with zero attached hydrogens (tertiary/aromatic N) is 3. The SMILES string of the molecule is C[C@@H]1CN([C@H](C)CO)C(=O)c2cc(NC(=O)Cc3cn(C)c4ccccc34)ccc2O[C@@H]1CN(C)Cc1ccc(C(=O)O)cc1. The third kappa shape index (κ3) is 7.19. The van der Waals surface area contributed by atoms with Gasteiger partial charge in [0, 0.05) is 55.4 Å². The van der Waals surface area contributed by atoms with Crippen molar-refractivity contribution in [3.63, 3.8) is 0 Å². The van der Waals surface area contributed by atoms with Crippen LogP contribution in [-0.4, -0.2) is 81.3 Å². The van der Waals surface area contributed by atoms with Crippen molar-refractivity contribution in [1.29, 1.82) is 0 Å². The maximum Gasteiger partial charge on any atom is 0.335 e. The highest BCUT2D eigenvalue weighted by Gasteiger charge is 2.33. The fraction of sp³-hybridized carbons (Fsp3) is 0.343. The van der Waals surface area contributed by atoms with Crippen molar-refractivity contribution >= 4 is 34.4 Å². The van der Waals surface area contributed by atoms with Crippen molar-refractivity contribution in [3.05, 3.63) is 95.2 Å². The first-order chi connectivity index (χ1) is 21.5. The summed E-state index contributed by atoms with van der Waals surface area (Å²) in [6.45, 7) is 5.15. The maximum absolute atomic E-state index is 13.8. The molecule has 10 heteroatoms. The Balaban J connectivity index is 1.35. The van der Waals surface area contributed by atoms with Crippen LogP contribution in [0.3, 0.4) is 0 Å². The topological polar surface area (TPSA) is 124 Å². The van der Waals surface area contributed by atoms with E-state index in [0.717, 1.165) is 22.0 Å². The molecular weight excluding hydrogens is 572 g/mol. The summed E-state index contributed by atoms with van der Waals surface area (Å²) < 4.78 is 8.50. The lowest BCUT2D eigenvalue weighted by molar-refractivity contribution is -0.115. The molecule has 10 nitrogen and oxygen atoms in total. The largest absolute Gasteiger partial charge is 0.488 e. The number of hydrogen-bond acceptors (Lipinski definition) is 6. The molecule has 0 saturated carbocycles. The van der Waals surface area contributed by atoms with E-state index in [1.165, 1.54) is 0 Å². The van der Waals surface area contributed by atoms with Crippen molar-refractivity contribution in [2.24, 2.45) is 13.0 Å². The summed E-state index contributed by atoms with van der Waals surface area (Å²) >= 11 is 0. The summed E-state index contributed by atoms with van der Waals surface area (Å²) in [6.07, 6.45) is 1.85. The summed E-state index contributed by atoms with van der Waals surface area (Å²) in [5.41, 5.74) is 3.98. The van der Waals surface area contributed by atoms with E-state index in [0.29, 0.717) is 36.6 Å². The van der Waals surface area contributed by atoms with Gasteiger partial charge in [0.05, 0.1) is 30.2 Å². The van der Waals surface area contributed by atoms with Gasteiger partial charge in [0.25, 0.3) is 5.91 Å². The lowest BCUT2D eigenvalue weighted by Crippen LogP contribution is -2.49. The highest BCUT2D eigenvalue weighted by atomic mass is 16.5. The number of benzene rings is 3. The van der Waals surface area contributed by atoms with Crippen LogP contribution in [0.4, 0.5) is 5.69 Å². The molecule has 1 aliphatic heterocycles. The van der Waals surface area contributed by atoms with E-state index in [2.05, 4.69) is 10.2 Å². The minimum Gasteiger partial charge on any atom is -0.488 e. The molecule has 1 aliphatic rings. The number of likely N-dealkylation sites (N-methyl/N-ethyl adjacent to an activating group) is 1. The number of carbonyl (C=O) groups is 3. The normalized spacial score (nSPS) is 17.4. The molecule has 45 heavy (non-hydrogen) atoms. The van der Waals surface area contributed by atoms with Crippen LogP contribution in [0.15, 0.2) is 72.9 Å². The average Bonchev–Trinajstić information content (AvgIpc) is 3.33. The number of aromatic nitrogens is 1. The summed E-state index contributed by atoms with van der Waals surface area (Å²) in [5.74, 6) is -1.08. The minimum atomic E-state index is -0.964. The van der Waals surface area contributed by atoms with Gasteiger partial charge in [-0.2, -0.15) is 0 Å². The van der Waals surface area contributed by atoms with Crippen LogP contribution < -0.4 is 10.1 Å². The highest BCUT2D eigenvalue weighted by molar-refractivity contribution is 6.01. The Morgan fingerprint density at radius 2 is 1.84 bits per heavy atom. The summed E-state index contributed by atoms with van der Waals surface area (Å²) in [4.78, 5) is 41.9. The molecule has 0 unspecified atom stereocenters. The van der Waals surface area contributed by atoms with Gasteiger partial charge in [-0.3, -0.25) is 14.5 Å². The number of carboxylic acid groups (broad SMARTS) is 1. The monoisotopic (exact) mass is 612 g/mol. The molecule has 0 aliphatic carbocycles. The number of nitrogens with one attached hydrogen (secondary N) is 1. The van der Waals surface area contributed by atoms with Crippen molar-refractivity contribution in [2.75, 3.05) is 32.1 Å². The lowest BCUT2D eigenvalue weighted by Gasteiger charge is -2.38. The molecule has 3 aromatic carbocycles. The second kappa shape index (κ2) is 13.5. The number of aryl methyl sites for hydroxylation is 1. The number of aromatic carboxylic acids is 1. The fourth-order valence-electron chi connectivity index (χ4n) is 5.90. The number of anilines is 1. The van der Waals surface area contributed by atoms with Crippen molar-refractivity contribution in [2.45, 2.75) is 39.0 Å². The molecule has 3 N–H and O–H groups in total. The van der Waals surface area contributed by atoms with Crippen LogP contribution in [-0.2, 0) is 24.8 Å². The molecule has 3 atom stereocenters. The predicted molar refractivity (Wildman–Crippen MR) is 173 cm³/mol. The molecule has 2 amide bonds. The van der Waals surface area contributed by atoms with Gasteiger partial charge in [0.15, 0.2) is 0 Å². The van der Waals surface area contributed by atoms with Crippen LogP contribution in [0.25, 0.3) is 10.9 Å². The molecule has 0 radical (unpaired) electrons. The smallest absolute Gasteiger partial charge is 0.335 e. The Morgan fingerprint density at radius 1 is 1.11 bits per heavy atom. The zero-order chi connectivity index (χ0) is 32.2. The summed E-state index contributed by atoms with van der Waals surface area (Å²) in [6, 6.07) is 19.4. The zero-order valence-electron chi connectivity index (χ0n) is 26.1. The predicted octanol–water partition coefficient (Wildman–Crippen LogP) is 4.41. The minimum absolute atomic E-state index is 0.0620. The molecule has 0 saturated heterocycles. The first kappa shape index (κ1) is 31.7. The Morgan fingerprint density at radius 3 is 2.56 bits per heavy atom. The van der Waals surface area contributed by atoms with Crippen LogP contribution in [0.1, 0.15) is 45.7 Å². The maximum atomic E-state index is 13.8. The summed E-state index contributed by atoms with van der Waals surface area (Å²) in [5, 5.41) is 23.2. The van der Waals surface area contributed by atoms with E-state index < -0.39 is 12.0 Å². The van der Waals surface area contributed by atoms with Crippen molar-refractivity contribution in [1.82, 2.24) is 14.4 Å². The highest BCUT2D eigenvalue weighted by Crippen LogP contribution is 2.31. The Labute approximate surface area is 262 Å². The lowest BCUT2D eigenvalue weighted by atomic mass is 9.99. The number of aliphatic hydroxyl groups is 1. The number of carbonyl (C=O) groups excluding carboxylic acids is 2. The van der Waals surface area contributed by atoms with Crippen LogP contribution in [0, 0.1) is 5.92 Å². The van der Waals surface area contributed by atoms with E-state index in [1.807, 2.05) is 63.0 Å². The number of carboxylic acids is 1. The molecular formula is C35H40N4O6. The number of fused-ring (bicyclic) bond motifs is 2. The standard InChI is InChI=1S/C35H40N4O6/c1-22-17-39(23(2)21-40)34(42)29-16-27(36-33(41)15-26-19-38(4)30-8-6-5-7-28(26)30)13-14-31(29)45-32(22)20-37(3)18-24-9-11-25(12-10-24)35(43)44/h5-14,16,19,22-23,32,40H,15,17-18,20-21H2,1-4H3,(H,36,41)(H,43,44)/t22-,23-,32-/m1/s1. The number of hydrogen-bond donors (Lipinski definition) is 3. The third-order valence-corrected chi connectivity index (χ3v) is 8.42. The first-order valence-electron chi connectivity index (χ1n) is 15.1. The zero-order valence-corrected chi connectivity index (χ0v) is 26.1. The second-order valence-electron chi connectivity index (χ2n) is 12.0. The number of aliphatic hydroxyl groups excluding tert-OH is 1. The van der Waals surface area contributed by atoms with Crippen LogP contribution in [0.2, 0.25) is 0 Å². The number of ether oxygens (including phenoxy) is 1. The second-order valence-corrected chi connectivity index (χ2v) is 12.0. The van der Waals surface area contributed by atoms with E-state index in [1.54, 1.807) is 47.4 Å². The number of amides is 2. The van der Waals surface area contributed by atoms with Gasteiger partial charge in [-0.1, -0.05) is 37.3 Å². The van der Waals surface area contributed by atoms with Gasteiger partial charge >= 0.3 is 5.97 Å². The van der Waals surface area contributed by atoms with Gasteiger partial charge in [0.1, 0.15) is 11.9 Å². The van der Waals surface area contributed by atoms with Crippen molar-refractivity contribution in [3.8, 4) is 5.75 Å². The van der Waals surface area contributed by atoms with E-state index >= 15 is 0 Å². The van der Waals surface area contributed by atoms with Gasteiger partial charge in [-0.05, 0) is 61.5 Å². The van der Waals surface area contributed by atoms with Crippen LogP contribution >= 0.6 is 0 Å².